The number of likely N-dealkylation sites (tertiary alicyclic amines) is 1. The highest BCUT2D eigenvalue weighted by Crippen LogP contribution is 2.40. The first-order valence-electron chi connectivity index (χ1n) is 7.09. The third-order valence-electron chi connectivity index (χ3n) is 3.18. The summed E-state index contributed by atoms with van der Waals surface area (Å²) in [6.07, 6.45) is 4.13. The van der Waals surface area contributed by atoms with Crippen molar-refractivity contribution in [2.24, 2.45) is 5.92 Å². The molecule has 0 spiro atoms. The molecule has 0 radical (unpaired) electrons. The van der Waals surface area contributed by atoms with Crippen LogP contribution >= 0.6 is 0 Å². The molecule has 1 aliphatic heterocycles. The van der Waals surface area contributed by atoms with E-state index in [1.54, 1.807) is 0 Å². The standard InChI is InChI=1S/C10H18FN.2C2H6/c1-9-2-6-12(7-3-9)8-10(11)4-5-10;2*1-2/h9H,2-8H2,1H3;2*1-2H3. The molecule has 1 saturated carbocycles. The fourth-order valence-electron chi connectivity index (χ4n) is 1.91. The van der Waals surface area contributed by atoms with Crippen LogP contribution in [0.1, 0.15) is 60.3 Å². The van der Waals surface area contributed by atoms with Gasteiger partial charge in [0.25, 0.3) is 0 Å². The third kappa shape index (κ3) is 5.83. The fraction of sp³-hybridized carbons (Fsp3) is 1.00. The first kappa shape index (κ1) is 15.9. The molecule has 16 heavy (non-hydrogen) atoms. The van der Waals surface area contributed by atoms with Gasteiger partial charge in [0.1, 0.15) is 5.67 Å². The van der Waals surface area contributed by atoms with Crippen LogP contribution in [0, 0.1) is 5.92 Å². The smallest absolute Gasteiger partial charge is 0.123 e. The van der Waals surface area contributed by atoms with Crippen molar-refractivity contribution in [1.29, 1.82) is 0 Å². The highest BCUT2D eigenvalue weighted by Gasteiger charge is 2.44. The van der Waals surface area contributed by atoms with Gasteiger partial charge in [0.2, 0.25) is 0 Å². The largest absolute Gasteiger partial charge is 0.300 e. The van der Waals surface area contributed by atoms with Gasteiger partial charge < -0.3 is 4.90 Å². The fourth-order valence-corrected chi connectivity index (χ4v) is 1.91. The Kier molecular flexibility index (Phi) is 8.00. The van der Waals surface area contributed by atoms with Gasteiger partial charge in [0.05, 0.1) is 0 Å². The first-order chi connectivity index (χ1) is 7.68. The van der Waals surface area contributed by atoms with Crippen LogP contribution in [0.4, 0.5) is 4.39 Å². The minimum Gasteiger partial charge on any atom is -0.300 e. The summed E-state index contributed by atoms with van der Waals surface area (Å²) in [5.41, 5.74) is -0.777. The molecule has 0 aromatic rings. The number of piperidine rings is 1. The molecule has 0 atom stereocenters. The normalized spacial score (nSPS) is 23.6. The predicted octanol–water partition coefficient (Wildman–Crippen LogP) is 4.27. The maximum absolute atomic E-state index is 13.3. The quantitative estimate of drug-likeness (QED) is 0.686. The Morgan fingerprint density at radius 3 is 1.88 bits per heavy atom. The average Bonchev–Trinajstić information content (AvgIpc) is 3.05. The SMILES string of the molecule is CC.CC.CC1CCN(CC2(F)CC2)CC1. The lowest BCUT2D eigenvalue weighted by Gasteiger charge is -2.31. The van der Waals surface area contributed by atoms with E-state index in [-0.39, 0.29) is 0 Å². The Bertz CT molecular complexity index is 158. The molecule has 2 aliphatic rings. The van der Waals surface area contributed by atoms with Crippen molar-refractivity contribution in [3.8, 4) is 0 Å². The highest BCUT2D eigenvalue weighted by atomic mass is 19.1. The van der Waals surface area contributed by atoms with Gasteiger partial charge in [-0.2, -0.15) is 0 Å². The Morgan fingerprint density at radius 2 is 1.50 bits per heavy atom. The zero-order valence-electron chi connectivity index (χ0n) is 11.9. The summed E-state index contributed by atoms with van der Waals surface area (Å²) < 4.78 is 13.3. The highest BCUT2D eigenvalue weighted by molar-refractivity contribution is 4.97. The number of nitrogens with zero attached hydrogens (tertiary/aromatic N) is 1. The molecule has 0 N–H and O–H groups in total. The summed E-state index contributed by atoms with van der Waals surface area (Å²) in [5, 5.41) is 0. The van der Waals surface area contributed by atoms with Crippen molar-refractivity contribution < 1.29 is 4.39 Å². The summed E-state index contributed by atoms with van der Waals surface area (Å²) in [6.45, 7) is 13.2. The van der Waals surface area contributed by atoms with Crippen molar-refractivity contribution in [3.63, 3.8) is 0 Å². The molecule has 1 heterocycles. The van der Waals surface area contributed by atoms with Gasteiger partial charge in [0, 0.05) is 6.54 Å². The average molecular weight is 231 g/mol. The Morgan fingerprint density at radius 1 is 1.06 bits per heavy atom. The second-order valence-corrected chi connectivity index (χ2v) is 4.61. The zero-order chi connectivity index (χ0) is 12.6. The Labute approximate surface area is 101 Å². The molecule has 0 aromatic carbocycles. The summed E-state index contributed by atoms with van der Waals surface area (Å²) in [4.78, 5) is 2.30. The molecule has 1 saturated heterocycles. The number of alkyl halides is 1. The molecule has 2 fully saturated rings. The van der Waals surface area contributed by atoms with E-state index in [1.165, 1.54) is 12.8 Å². The predicted molar refractivity (Wildman–Crippen MR) is 70.6 cm³/mol. The lowest BCUT2D eigenvalue weighted by molar-refractivity contribution is 0.135. The summed E-state index contributed by atoms with van der Waals surface area (Å²) in [6, 6.07) is 0. The van der Waals surface area contributed by atoms with Gasteiger partial charge >= 0.3 is 0 Å². The monoisotopic (exact) mass is 231 g/mol. The first-order valence-corrected chi connectivity index (χ1v) is 7.09. The molecular formula is C14H30FN. The van der Waals surface area contributed by atoms with E-state index >= 15 is 0 Å². The van der Waals surface area contributed by atoms with Gasteiger partial charge in [-0.25, -0.2) is 4.39 Å². The lowest BCUT2D eigenvalue weighted by Crippen LogP contribution is -2.37. The van der Waals surface area contributed by atoms with Gasteiger partial charge in [-0.1, -0.05) is 34.6 Å². The topological polar surface area (TPSA) is 3.24 Å². The minimum atomic E-state index is -0.777. The van der Waals surface area contributed by atoms with Crippen molar-refractivity contribution in [3.05, 3.63) is 0 Å². The lowest BCUT2D eigenvalue weighted by atomic mass is 9.99. The van der Waals surface area contributed by atoms with Gasteiger partial charge in [-0.05, 0) is 44.7 Å². The van der Waals surface area contributed by atoms with E-state index in [4.69, 9.17) is 0 Å². The third-order valence-corrected chi connectivity index (χ3v) is 3.18. The molecule has 98 valence electrons. The Hall–Kier alpha value is -0.110. The summed E-state index contributed by atoms with van der Waals surface area (Å²) in [5.74, 6) is 0.857. The van der Waals surface area contributed by atoms with Crippen LogP contribution in [0.25, 0.3) is 0 Å². The molecule has 0 bridgehead atoms. The van der Waals surface area contributed by atoms with E-state index in [1.807, 2.05) is 27.7 Å². The van der Waals surface area contributed by atoms with Crippen molar-refractivity contribution in [2.45, 2.75) is 66.0 Å². The van der Waals surface area contributed by atoms with Gasteiger partial charge in [0.15, 0.2) is 0 Å². The van der Waals surface area contributed by atoms with Crippen molar-refractivity contribution in [1.82, 2.24) is 4.90 Å². The number of halogens is 1. The van der Waals surface area contributed by atoms with Crippen molar-refractivity contribution >= 4 is 0 Å². The zero-order valence-corrected chi connectivity index (χ0v) is 11.9. The van der Waals surface area contributed by atoms with Gasteiger partial charge in [-0.15, -0.1) is 0 Å². The maximum Gasteiger partial charge on any atom is 0.123 e. The molecule has 0 amide bonds. The number of hydrogen-bond donors (Lipinski definition) is 0. The van der Waals surface area contributed by atoms with Crippen LogP contribution in [-0.4, -0.2) is 30.2 Å². The van der Waals surface area contributed by atoms with E-state index in [9.17, 15) is 4.39 Å². The number of rotatable bonds is 2. The molecule has 1 aliphatic carbocycles. The van der Waals surface area contributed by atoms with Crippen LogP contribution in [-0.2, 0) is 0 Å². The summed E-state index contributed by atoms with van der Waals surface area (Å²) in [7, 11) is 0. The minimum absolute atomic E-state index is 0.708. The Balaban J connectivity index is 0.000000509. The van der Waals surface area contributed by atoms with Crippen LogP contribution in [0.3, 0.4) is 0 Å². The maximum atomic E-state index is 13.3. The van der Waals surface area contributed by atoms with Gasteiger partial charge in [-0.3, -0.25) is 0 Å². The molecular weight excluding hydrogens is 201 g/mol. The van der Waals surface area contributed by atoms with E-state index in [2.05, 4.69) is 11.8 Å². The van der Waals surface area contributed by atoms with Crippen molar-refractivity contribution in [2.75, 3.05) is 19.6 Å². The molecule has 2 rings (SSSR count). The molecule has 0 aromatic heterocycles. The second-order valence-electron chi connectivity index (χ2n) is 4.61. The van der Waals surface area contributed by atoms with Crippen LogP contribution in [0.5, 0.6) is 0 Å². The molecule has 2 heteroatoms. The van der Waals surface area contributed by atoms with E-state index in [0.717, 1.165) is 31.8 Å². The second kappa shape index (κ2) is 8.05. The molecule has 0 unspecified atom stereocenters. The number of hydrogen-bond acceptors (Lipinski definition) is 1. The van der Waals surface area contributed by atoms with E-state index < -0.39 is 5.67 Å². The van der Waals surface area contributed by atoms with Crippen LogP contribution in [0.2, 0.25) is 0 Å². The van der Waals surface area contributed by atoms with Crippen LogP contribution < -0.4 is 0 Å². The van der Waals surface area contributed by atoms with E-state index in [0.29, 0.717) is 6.54 Å². The molecule has 1 nitrogen and oxygen atoms in total. The summed E-state index contributed by atoms with van der Waals surface area (Å²) >= 11 is 0. The van der Waals surface area contributed by atoms with Crippen LogP contribution in [0.15, 0.2) is 0 Å².